The monoisotopic (exact) mass is 626 g/mol. The molecule has 0 aliphatic rings. The molecule has 0 fully saturated rings. The Bertz CT molecular complexity index is 702. The molecule has 0 heterocycles. The maximum Gasteiger partial charge on any atom is 0.303 e. The van der Waals surface area contributed by atoms with Crippen LogP contribution in [0.2, 0.25) is 36.3 Å². The van der Waals surface area contributed by atoms with Gasteiger partial charge in [-0.2, -0.15) is 0 Å². The normalized spacial score (nSPS) is 10.6. The number of esters is 3. The fraction of sp³-hybridized carbons (Fsp3) is 0.828. The van der Waals surface area contributed by atoms with Gasteiger partial charge in [-0.3, -0.25) is 24.0 Å². The summed E-state index contributed by atoms with van der Waals surface area (Å²) in [5.41, 5.74) is 1.11. The Morgan fingerprint density at radius 3 is 0.951 bits per heavy atom. The lowest BCUT2D eigenvalue weighted by Gasteiger charge is -2.40. The van der Waals surface area contributed by atoms with E-state index in [2.05, 4.69) is 51.0 Å². The minimum Gasteiger partial charge on any atom is -0.520 e. The molecule has 12 heteroatoms. The second-order valence-corrected chi connectivity index (χ2v) is 21.7. The number of carbonyl (C=O) groups is 5. The third-order valence-corrected chi connectivity index (χ3v) is 11.5. The van der Waals surface area contributed by atoms with E-state index in [1.54, 1.807) is 6.92 Å². The van der Waals surface area contributed by atoms with E-state index in [0.29, 0.717) is 23.2 Å². The van der Waals surface area contributed by atoms with Crippen molar-refractivity contribution in [3.8, 4) is 0 Å². The van der Waals surface area contributed by atoms with Crippen LogP contribution in [0, 0.1) is 0 Å². The number of carbonyl (C=O) groups excluding carboxylic acids is 5. The average Bonchev–Trinajstić information content (AvgIpc) is 2.69. The lowest BCUT2D eigenvalue weighted by atomic mass is 10.2. The molecule has 0 saturated heterocycles. The summed E-state index contributed by atoms with van der Waals surface area (Å²) in [7, 11) is -2.16. The summed E-state index contributed by atoms with van der Waals surface area (Å²) in [6, 6.07) is 0. The Labute approximate surface area is 252 Å². The van der Waals surface area contributed by atoms with Crippen molar-refractivity contribution in [3.63, 3.8) is 0 Å². The van der Waals surface area contributed by atoms with Crippen molar-refractivity contribution in [2.75, 3.05) is 13.7 Å². The van der Waals surface area contributed by atoms with E-state index in [1.165, 1.54) is 41.7 Å². The Morgan fingerprint density at radius 1 is 0.610 bits per heavy atom. The highest BCUT2D eigenvalue weighted by Crippen LogP contribution is 2.42. The summed E-state index contributed by atoms with van der Waals surface area (Å²) in [6.07, 6.45) is 0. The van der Waals surface area contributed by atoms with E-state index < -0.39 is 16.6 Å². The molecule has 0 aromatic rings. The fourth-order valence-corrected chi connectivity index (χ4v) is 9.74. The molecule has 0 radical (unpaired) electrons. The summed E-state index contributed by atoms with van der Waals surface area (Å²) >= 11 is 0. The lowest BCUT2D eigenvalue weighted by Crippen LogP contribution is -2.48. The standard InChI is InChI=1S/C11H24O2Si.C6H12O2.C5H12O2Si.C4H8O2.C3H6O2/c1-8(2)14(9(3)4,10(5)6)13-11(7)12;1-5(7)8-6(2,3)4;1-5(6)7-8(2,3)4;1-3-6-4(2)5;1-3(4)5-2/h8-10H,1-7H3;2*1-4H3;3H2,1-2H3;1-2H3. The van der Waals surface area contributed by atoms with Gasteiger partial charge in [0.1, 0.15) is 5.60 Å². The molecule has 0 N–H and O–H groups in total. The predicted molar refractivity (Wildman–Crippen MR) is 169 cm³/mol. The van der Waals surface area contributed by atoms with Gasteiger partial charge in [0.05, 0.1) is 13.7 Å². The van der Waals surface area contributed by atoms with E-state index in [1.807, 2.05) is 40.4 Å². The van der Waals surface area contributed by atoms with Crippen molar-refractivity contribution < 1.29 is 47.0 Å². The van der Waals surface area contributed by atoms with Crippen LogP contribution in [0.5, 0.6) is 0 Å². The minimum absolute atomic E-state index is 0.118. The largest absolute Gasteiger partial charge is 0.520 e. The molecule has 41 heavy (non-hydrogen) atoms. The number of hydrogen-bond donors (Lipinski definition) is 0. The van der Waals surface area contributed by atoms with Gasteiger partial charge in [-0.05, 0) is 64.0 Å². The van der Waals surface area contributed by atoms with E-state index in [-0.39, 0.29) is 35.4 Å². The summed E-state index contributed by atoms with van der Waals surface area (Å²) in [4.78, 5) is 51.1. The number of methoxy groups -OCH3 is 1. The Balaban J connectivity index is -0.000000139. The van der Waals surface area contributed by atoms with E-state index in [4.69, 9.17) is 13.6 Å². The Kier molecular flexibility index (Phi) is 28.9. The van der Waals surface area contributed by atoms with Crippen molar-refractivity contribution in [2.45, 2.75) is 146 Å². The first-order chi connectivity index (χ1) is 18.1. The molecule has 0 aromatic heterocycles. The molecule has 0 amide bonds. The quantitative estimate of drug-likeness (QED) is 0.169. The van der Waals surface area contributed by atoms with Crippen LogP contribution in [-0.2, 0) is 47.0 Å². The van der Waals surface area contributed by atoms with Crippen LogP contribution in [0.1, 0.15) is 104 Å². The molecule has 0 aliphatic heterocycles. The van der Waals surface area contributed by atoms with Crippen LogP contribution < -0.4 is 0 Å². The number of rotatable bonds is 6. The van der Waals surface area contributed by atoms with Crippen LogP contribution in [0.25, 0.3) is 0 Å². The second kappa shape index (κ2) is 24.4. The highest BCUT2D eigenvalue weighted by molar-refractivity contribution is 6.78. The molecule has 0 unspecified atom stereocenters. The zero-order valence-corrected chi connectivity index (χ0v) is 31.5. The molecule has 0 spiro atoms. The van der Waals surface area contributed by atoms with Gasteiger partial charge in [0.15, 0.2) is 0 Å². The van der Waals surface area contributed by atoms with Crippen molar-refractivity contribution >= 4 is 46.5 Å². The minimum atomic E-state index is -1.94. The van der Waals surface area contributed by atoms with Crippen LogP contribution in [0.3, 0.4) is 0 Å². The highest BCUT2D eigenvalue weighted by Gasteiger charge is 2.47. The fourth-order valence-electron chi connectivity index (χ4n) is 3.67. The van der Waals surface area contributed by atoms with Crippen LogP contribution in [-0.4, -0.2) is 65.8 Å². The van der Waals surface area contributed by atoms with Crippen LogP contribution in [0.15, 0.2) is 0 Å². The molecule has 0 aromatic carbocycles. The summed E-state index contributed by atoms with van der Waals surface area (Å²) in [6.45, 7) is 33.9. The smallest absolute Gasteiger partial charge is 0.303 e. The van der Waals surface area contributed by atoms with E-state index in [9.17, 15) is 24.0 Å². The van der Waals surface area contributed by atoms with E-state index >= 15 is 0 Å². The SMILES string of the molecule is CC(=O)OC(C)(C)C.CC(=O)O[Si](C(C)C)(C(C)C)C(C)C.CC(=O)O[Si](C)(C)C.CCOC(C)=O.COC(C)=O. The van der Waals surface area contributed by atoms with Gasteiger partial charge < -0.3 is 23.1 Å². The molecule has 0 atom stereocenters. The lowest BCUT2D eigenvalue weighted by molar-refractivity contribution is -0.152. The average molecular weight is 627 g/mol. The first kappa shape index (κ1) is 48.5. The van der Waals surface area contributed by atoms with Crippen molar-refractivity contribution in [1.29, 1.82) is 0 Å². The van der Waals surface area contributed by atoms with Gasteiger partial charge in [0.25, 0.3) is 20.3 Å². The zero-order chi connectivity index (χ0) is 34.4. The van der Waals surface area contributed by atoms with Gasteiger partial charge in [-0.15, -0.1) is 0 Å². The van der Waals surface area contributed by atoms with Crippen molar-refractivity contribution in [2.24, 2.45) is 0 Å². The molecule has 246 valence electrons. The third kappa shape index (κ3) is 37.8. The predicted octanol–water partition coefficient (Wildman–Crippen LogP) is 7.21. The molecule has 0 saturated carbocycles. The highest BCUT2D eigenvalue weighted by atomic mass is 28.4. The summed E-state index contributed by atoms with van der Waals surface area (Å²) < 4.78 is 24.0. The van der Waals surface area contributed by atoms with Crippen LogP contribution >= 0.6 is 0 Å². The summed E-state index contributed by atoms with van der Waals surface area (Å²) in [5, 5.41) is 0. The molecule has 0 aliphatic carbocycles. The molecular formula is C29H62O10Si2. The zero-order valence-electron chi connectivity index (χ0n) is 29.5. The molecule has 0 rings (SSSR count). The van der Waals surface area contributed by atoms with Gasteiger partial charge in [0, 0.05) is 34.6 Å². The van der Waals surface area contributed by atoms with Gasteiger partial charge >= 0.3 is 17.9 Å². The first-order valence-electron chi connectivity index (χ1n) is 13.9. The molecular weight excluding hydrogens is 564 g/mol. The van der Waals surface area contributed by atoms with E-state index in [0.717, 1.165) is 0 Å². The number of hydrogen-bond acceptors (Lipinski definition) is 10. The molecule has 10 nitrogen and oxygen atoms in total. The van der Waals surface area contributed by atoms with Crippen molar-refractivity contribution in [3.05, 3.63) is 0 Å². The van der Waals surface area contributed by atoms with Gasteiger partial charge in [0.2, 0.25) is 8.32 Å². The van der Waals surface area contributed by atoms with Crippen molar-refractivity contribution in [1.82, 2.24) is 0 Å². The summed E-state index contributed by atoms with van der Waals surface area (Å²) in [5.74, 6) is -0.961. The number of ether oxygens (including phenoxy) is 3. The Hall–Kier alpha value is -2.22. The van der Waals surface area contributed by atoms with Gasteiger partial charge in [-0.25, -0.2) is 0 Å². The maximum atomic E-state index is 11.2. The second-order valence-electron chi connectivity index (χ2n) is 11.9. The topological polar surface area (TPSA) is 132 Å². The molecule has 0 bridgehead atoms. The van der Waals surface area contributed by atoms with Gasteiger partial charge in [-0.1, -0.05) is 41.5 Å². The first-order valence-corrected chi connectivity index (χ1v) is 19.4. The maximum absolute atomic E-state index is 11.2. The third-order valence-electron chi connectivity index (χ3n) is 4.56. The van der Waals surface area contributed by atoms with Crippen LogP contribution in [0.4, 0.5) is 0 Å². The Morgan fingerprint density at radius 2 is 0.927 bits per heavy atom.